The summed E-state index contributed by atoms with van der Waals surface area (Å²) >= 11 is 18.1. The van der Waals surface area contributed by atoms with Gasteiger partial charge in [0.05, 0.1) is 16.1 Å². The van der Waals surface area contributed by atoms with Gasteiger partial charge in [0.1, 0.15) is 17.3 Å². The maximum atomic E-state index is 14.3. The maximum Gasteiger partial charge on any atom is 0.148 e. The molecule has 0 bridgehead atoms. The van der Waals surface area contributed by atoms with E-state index in [1.807, 2.05) is 0 Å². The fourth-order valence-electron chi connectivity index (χ4n) is 2.30. The average Bonchev–Trinajstić information content (AvgIpc) is 2.77. The lowest BCUT2D eigenvalue weighted by molar-refractivity contribution is 0.617. The Morgan fingerprint density at radius 2 is 1.95 bits per heavy atom. The van der Waals surface area contributed by atoms with E-state index >= 15 is 0 Å². The number of aromatic nitrogens is 2. The summed E-state index contributed by atoms with van der Waals surface area (Å²) in [5, 5.41) is 0.860. The molecular weight excluding hydrogens is 334 g/mol. The van der Waals surface area contributed by atoms with Crippen LogP contribution in [0.5, 0.6) is 0 Å². The quantitative estimate of drug-likeness (QED) is 0.594. The van der Waals surface area contributed by atoms with Crippen molar-refractivity contribution in [2.45, 2.75) is 6.42 Å². The van der Waals surface area contributed by atoms with Crippen LogP contribution in [0.25, 0.3) is 16.7 Å². The SMILES string of the molecule is Fc1cccc(Cl)c1-n1c(CCCl)nc2ccc(Cl)cc21. The third-order valence-electron chi connectivity index (χ3n) is 3.17. The predicted octanol–water partition coefficient (Wildman–Crippen LogP) is 5.25. The fraction of sp³-hybridized carbons (Fsp3) is 0.133. The number of imidazole rings is 1. The summed E-state index contributed by atoms with van der Waals surface area (Å²) in [5.41, 5.74) is 1.69. The van der Waals surface area contributed by atoms with Gasteiger partial charge in [0.25, 0.3) is 0 Å². The molecular formula is C15H10Cl3FN2. The van der Waals surface area contributed by atoms with E-state index in [9.17, 15) is 4.39 Å². The second kappa shape index (κ2) is 5.84. The molecule has 0 saturated carbocycles. The third kappa shape index (κ3) is 2.61. The number of nitrogens with zero attached hydrogens (tertiary/aromatic N) is 2. The van der Waals surface area contributed by atoms with Gasteiger partial charge in [0, 0.05) is 17.3 Å². The summed E-state index contributed by atoms with van der Waals surface area (Å²) < 4.78 is 15.9. The molecule has 6 heteroatoms. The molecule has 3 aromatic rings. The van der Waals surface area contributed by atoms with Gasteiger partial charge in [-0.1, -0.05) is 29.3 Å². The summed E-state index contributed by atoms with van der Waals surface area (Å²) in [6.07, 6.45) is 0.499. The molecule has 2 nitrogen and oxygen atoms in total. The van der Waals surface area contributed by atoms with E-state index in [-0.39, 0.29) is 5.69 Å². The molecule has 0 aliphatic heterocycles. The first kappa shape index (κ1) is 14.6. The summed E-state index contributed by atoms with van der Waals surface area (Å²) in [5.74, 6) is 0.607. The van der Waals surface area contributed by atoms with E-state index in [4.69, 9.17) is 34.8 Å². The number of rotatable bonds is 3. The smallest absolute Gasteiger partial charge is 0.148 e. The molecule has 0 amide bonds. The van der Waals surface area contributed by atoms with Gasteiger partial charge in [-0.25, -0.2) is 9.37 Å². The number of hydrogen-bond donors (Lipinski definition) is 0. The summed E-state index contributed by atoms with van der Waals surface area (Å²) in [4.78, 5) is 4.50. The average molecular weight is 344 g/mol. The minimum Gasteiger partial charge on any atom is -0.292 e. The highest BCUT2D eigenvalue weighted by Crippen LogP contribution is 2.30. The Morgan fingerprint density at radius 1 is 1.14 bits per heavy atom. The van der Waals surface area contributed by atoms with Gasteiger partial charge in [-0.2, -0.15) is 0 Å². The van der Waals surface area contributed by atoms with Crippen LogP contribution in [-0.4, -0.2) is 15.4 Å². The van der Waals surface area contributed by atoms with Gasteiger partial charge in [-0.3, -0.25) is 4.57 Å². The van der Waals surface area contributed by atoms with Crippen LogP contribution in [0.3, 0.4) is 0 Å². The van der Waals surface area contributed by atoms with Crippen LogP contribution in [0.15, 0.2) is 36.4 Å². The molecule has 0 aliphatic carbocycles. The highest BCUT2D eigenvalue weighted by Gasteiger charge is 2.17. The normalized spacial score (nSPS) is 11.2. The second-order valence-electron chi connectivity index (χ2n) is 4.51. The lowest BCUT2D eigenvalue weighted by Gasteiger charge is -2.11. The zero-order valence-electron chi connectivity index (χ0n) is 10.8. The largest absolute Gasteiger partial charge is 0.292 e. The van der Waals surface area contributed by atoms with Crippen LogP contribution in [0.2, 0.25) is 10.0 Å². The van der Waals surface area contributed by atoms with E-state index in [2.05, 4.69) is 4.98 Å². The van der Waals surface area contributed by atoms with Crippen LogP contribution in [-0.2, 0) is 6.42 Å². The van der Waals surface area contributed by atoms with Gasteiger partial charge in [-0.15, -0.1) is 11.6 Å². The molecule has 0 atom stereocenters. The van der Waals surface area contributed by atoms with E-state index < -0.39 is 5.82 Å². The topological polar surface area (TPSA) is 17.8 Å². The van der Waals surface area contributed by atoms with Crippen LogP contribution < -0.4 is 0 Å². The molecule has 0 radical (unpaired) electrons. The van der Waals surface area contributed by atoms with Gasteiger partial charge in [-0.05, 0) is 30.3 Å². The number of alkyl halides is 1. The summed E-state index contributed by atoms with van der Waals surface area (Å²) in [7, 11) is 0. The van der Waals surface area contributed by atoms with Crippen molar-refractivity contribution >= 4 is 45.8 Å². The molecule has 1 heterocycles. The molecule has 108 valence electrons. The zero-order valence-corrected chi connectivity index (χ0v) is 13.1. The Balaban J connectivity index is 2.38. The minimum atomic E-state index is -0.419. The lowest BCUT2D eigenvalue weighted by atomic mass is 10.2. The Labute approximate surface area is 136 Å². The number of benzene rings is 2. The first-order chi connectivity index (χ1) is 10.1. The van der Waals surface area contributed by atoms with Crippen molar-refractivity contribution in [1.29, 1.82) is 0 Å². The van der Waals surface area contributed by atoms with Crippen molar-refractivity contribution in [2.75, 3.05) is 5.88 Å². The van der Waals surface area contributed by atoms with E-state index in [1.165, 1.54) is 6.07 Å². The predicted molar refractivity (Wildman–Crippen MR) is 85.5 cm³/mol. The Bertz CT molecular complexity index is 794. The fourth-order valence-corrected chi connectivity index (χ4v) is 2.89. The van der Waals surface area contributed by atoms with Gasteiger partial charge >= 0.3 is 0 Å². The molecule has 3 rings (SSSR count). The standard InChI is InChI=1S/C15H10Cl3FN2/c16-7-6-14-20-12-5-4-9(17)8-13(12)21(14)15-10(18)2-1-3-11(15)19/h1-5,8H,6-7H2. The number of hydrogen-bond acceptors (Lipinski definition) is 1. The summed E-state index contributed by atoms with van der Waals surface area (Å²) in [6.45, 7) is 0. The summed E-state index contributed by atoms with van der Waals surface area (Å²) in [6, 6.07) is 9.84. The third-order valence-corrected chi connectivity index (χ3v) is 3.89. The molecule has 21 heavy (non-hydrogen) atoms. The van der Waals surface area contributed by atoms with Gasteiger partial charge in [0.2, 0.25) is 0 Å². The first-order valence-corrected chi connectivity index (χ1v) is 7.58. The van der Waals surface area contributed by atoms with Gasteiger partial charge in [0.15, 0.2) is 0 Å². The molecule has 0 fully saturated rings. The number of para-hydroxylation sites is 1. The Kier molecular flexibility index (Phi) is 4.07. The highest BCUT2D eigenvalue weighted by molar-refractivity contribution is 6.32. The van der Waals surface area contributed by atoms with Crippen LogP contribution in [0.4, 0.5) is 4.39 Å². The van der Waals surface area contributed by atoms with Gasteiger partial charge < -0.3 is 0 Å². The number of aryl methyl sites for hydroxylation is 1. The zero-order chi connectivity index (χ0) is 15.0. The number of halogens is 4. The molecule has 0 aliphatic rings. The van der Waals surface area contributed by atoms with Crippen LogP contribution in [0.1, 0.15) is 5.82 Å². The van der Waals surface area contributed by atoms with Crippen molar-refractivity contribution < 1.29 is 4.39 Å². The van der Waals surface area contributed by atoms with Crippen molar-refractivity contribution in [2.24, 2.45) is 0 Å². The Hall–Kier alpha value is -1.29. The Morgan fingerprint density at radius 3 is 2.67 bits per heavy atom. The molecule has 0 spiro atoms. The molecule has 0 unspecified atom stereocenters. The van der Waals surface area contributed by atoms with Crippen molar-refractivity contribution in [3.05, 3.63) is 58.1 Å². The highest BCUT2D eigenvalue weighted by atomic mass is 35.5. The molecule has 0 saturated heterocycles. The van der Waals surface area contributed by atoms with E-state index in [0.717, 1.165) is 5.52 Å². The minimum absolute atomic E-state index is 0.268. The lowest BCUT2D eigenvalue weighted by Crippen LogP contribution is -2.05. The second-order valence-corrected chi connectivity index (χ2v) is 5.73. The van der Waals surface area contributed by atoms with Crippen molar-refractivity contribution in [3.8, 4) is 5.69 Å². The molecule has 2 aromatic carbocycles. The molecule has 1 aromatic heterocycles. The van der Waals surface area contributed by atoms with E-state index in [1.54, 1.807) is 34.9 Å². The van der Waals surface area contributed by atoms with Crippen molar-refractivity contribution in [3.63, 3.8) is 0 Å². The maximum absolute atomic E-state index is 14.3. The monoisotopic (exact) mass is 342 g/mol. The van der Waals surface area contributed by atoms with Crippen LogP contribution in [0, 0.1) is 5.82 Å². The van der Waals surface area contributed by atoms with E-state index in [0.29, 0.717) is 33.7 Å². The number of fused-ring (bicyclic) bond motifs is 1. The van der Waals surface area contributed by atoms with Crippen molar-refractivity contribution in [1.82, 2.24) is 9.55 Å². The van der Waals surface area contributed by atoms with Crippen LogP contribution >= 0.6 is 34.8 Å². The first-order valence-electron chi connectivity index (χ1n) is 6.29. The molecule has 0 N–H and O–H groups in total.